The van der Waals surface area contributed by atoms with E-state index in [1.165, 1.54) is 33.4 Å². The molecule has 2 atom stereocenters. The fourth-order valence-corrected chi connectivity index (χ4v) is 3.27. The first-order valence-corrected chi connectivity index (χ1v) is 6.56. The summed E-state index contributed by atoms with van der Waals surface area (Å²) < 4.78 is 0. The Hall–Kier alpha value is 0.423. The molecular formula is C17H23Cl2Zr. The molecule has 0 heterocycles. The molecule has 0 saturated heterocycles. The molecule has 2 aliphatic rings. The van der Waals surface area contributed by atoms with Crippen molar-refractivity contribution in [3.05, 3.63) is 45.1 Å². The van der Waals surface area contributed by atoms with Crippen LogP contribution in [0.5, 0.6) is 0 Å². The van der Waals surface area contributed by atoms with Crippen LogP contribution in [0.4, 0.5) is 0 Å². The van der Waals surface area contributed by atoms with Crippen LogP contribution in [0.15, 0.2) is 39.0 Å². The second-order valence-corrected chi connectivity index (χ2v) is 5.60. The Morgan fingerprint density at radius 2 is 1.25 bits per heavy atom. The van der Waals surface area contributed by atoms with Gasteiger partial charge in [0.15, 0.2) is 0 Å². The van der Waals surface area contributed by atoms with Crippen molar-refractivity contribution in [2.45, 2.75) is 48.5 Å². The van der Waals surface area contributed by atoms with E-state index < -0.39 is 0 Å². The molecule has 0 aliphatic heterocycles. The molecule has 0 nitrogen and oxygen atoms in total. The molecule has 0 spiro atoms. The second-order valence-electron chi connectivity index (χ2n) is 5.60. The van der Waals surface area contributed by atoms with Crippen LogP contribution in [0.2, 0.25) is 0 Å². The Kier molecular flexibility index (Phi) is 9.26. The molecule has 2 unspecified atom stereocenters. The SMILES string of the molecule is CC1=[C-]C(C)C(C2=C(C)C(C)=C(C)C2C)=C1C.[Cl-].[Cl-].[Zr+3]. The molecule has 109 valence electrons. The monoisotopic (exact) mass is 387 g/mol. The molecule has 0 aromatic carbocycles. The molecule has 2 rings (SSSR count). The first-order chi connectivity index (χ1) is 7.86. The summed E-state index contributed by atoms with van der Waals surface area (Å²) in [5.41, 5.74) is 10.4. The number of hydrogen-bond acceptors (Lipinski definition) is 0. The summed E-state index contributed by atoms with van der Waals surface area (Å²) in [4.78, 5) is 0. The Morgan fingerprint density at radius 1 is 0.750 bits per heavy atom. The zero-order valence-corrected chi connectivity index (χ0v) is 17.4. The maximum atomic E-state index is 3.55. The summed E-state index contributed by atoms with van der Waals surface area (Å²) in [6.45, 7) is 15.8. The van der Waals surface area contributed by atoms with Gasteiger partial charge in [-0.3, -0.25) is 6.08 Å². The molecular weight excluding hydrogens is 366 g/mol. The van der Waals surface area contributed by atoms with E-state index in [1.807, 2.05) is 0 Å². The van der Waals surface area contributed by atoms with Gasteiger partial charge in [0.1, 0.15) is 0 Å². The average Bonchev–Trinajstić information content (AvgIpc) is 2.61. The van der Waals surface area contributed by atoms with Crippen LogP contribution in [0.1, 0.15) is 48.5 Å². The molecule has 20 heavy (non-hydrogen) atoms. The first kappa shape index (κ1) is 22.7. The summed E-state index contributed by atoms with van der Waals surface area (Å²) in [7, 11) is 0. The number of rotatable bonds is 1. The summed E-state index contributed by atoms with van der Waals surface area (Å²) in [5.74, 6) is 1.04. The average molecular weight is 390 g/mol. The summed E-state index contributed by atoms with van der Waals surface area (Å²) in [6, 6.07) is 0. The number of allylic oxidation sites excluding steroid dienone is 8. The standard InChI is InChI=1S/C17H23.2ClH.Zr/c1-9-8-10(2)16(11(9)3)17-14(6)12(4)13(5)15(17)7;;;/h10,14H,1-7H3;2*1H;/q-1;;;+3/p-2. The second kappa shape index (κ2) is 8.16. The van der Waals surface area contributed by atoms with Crippen molar-refractivity contribution in [3.63, 3.8) is 0 Å². The van der Waals surface area contributed by atoms with Crippen LogP contribution in [0, 0.1) is 17.9 Å². The van der Waals surface area contributed by atoms with Crippen LogP contribution in [-0.2, 0) is 26.2 Å². The minimum atomic E-state index is 0. The maximum Gasteiger partial charge on any atom is 3.00 e. The minimum absolute atomic E-state index is 0. The quantitative estimate of drug-likeness (QED) is 0.506. The Balaban J connectivity index is 0. The van der Waals surface area contributed by atoms with Gasteiger partial charge in [-0.05, 0) is 31.9 Å². The van der Waals surface area contributed by atoms with E-state index >= 15 is 0 Å². The fraction of sp³-hybridized carbons (Fsp3) is 0.529. The van der Waals surface area contributed by atoms with Gasteiger partial charge in [0.25, 0.3) is 0 Å². The van der Waals surface area contributed by atoms with E-state index in [4.69, 9.17) is 0 Å². The van der Waals surface area contributed by atoms with Gasteiger partial charge in [0.05, 0.1) is 0 Å². The van der Waals surface area contributed by atoms with Crippen molar-refractivity contribution < 1.29 is 51.0 Å². The van der Waals surface area contributed by atoms with Crippen LogP contribution in [0.3, 0.4) is 0 Å². The summed E-state index contributed by atoms with van der Waals surface area (Å²) >= 11 is 0. The van der Waals surface area contributed by atoms with Crippen LogP contribution in [-0.4, -0.2) is 0 Å². The zero-order valence-electron chi connectivity index (χ0n) is 13.4. The van der Waals surface area contributed by atoms with Crippen molar-refractivity contribution in [2.24, 2.45) is 11.8 Å². The van der Waals surface area contributed by atoms with Gasteiger partial charge in [0.2, 0.25) is 0 Å². The van der Waals surface area contributed by atoms with E-state index in [9.17, 15) is 0 Å². The van der Waals surface area contributed by atoms with Crippen LogP contribution < -0.4 is 24.8 Å². The molecule has 1 radical (unpaired) electrons. The number of hydrogen-bond donors (Lipinski definition) is 0. The third kappa shape index (κ3) is 3.42. The van der Waals surface area contributed by atoms with Crippen molar-refractivity contribution in [1.29, 1.82) is 0 Å². The van der Waals surface area contributed by atoms with Gasteiger partial charge in [-0.15, -0.1) is 12.5 Å². The van der Waals surface area contributed by atoms with Crippen LogP contribution in [0.25, 0.3) is 0 Å². The van der Waals surface area contributed by atoms with Gasteiger partial charge in [-0.1, -0.05) is 37.8 Å². The molecule has 2 aliphatic carbocycles. The van der Waals surface area contributed by atoms with Gasteiger partial charge in [-0.2, -0.15) is 5.57 Å². The molecule has 0 aromatic heterocycles. The van der Waals surface area contributed by atoms with Crippen LogP contribution >= 0.6 is 0 Å². The predicted molar refractivity (Wildman–Crippen MR) is 74.5 cm³/mol. The van der Waals surface area contributed by atoms with Crippen molar-refractivity contribution in [3.8, 4) is 0 Å². The molecule has 0 fully saturated rings. The normalized spacial score (nSPS) is 25.2. The minimum Gasteiger partial charge on any atom is -1.00 e. The van der Waals surface area contributed by atoms with E-state index in [1.54, 1.807) is 5.57 Å². The smallest absolute Gasteiger partial charge is 1.00 e. The maximum absolute atomic E-state index is 3.55. The molecule has 0 N–H and O–H groups in total. The van der Waals surface area contributed by atoms with Crippen molar-refractivity contribution >= 4 is 0 Å². The van der Waals surface area contributed by atoms with E-state index in [0.717, 1.165) is 0 Å². The van der Waals surface area contributed by atoms with Crippen molar-refractivity contribution in [1.82, 2.24) is 0 Å². The molecule has 3 heteroatoms. The van der Waals surface area contributed by atoms with E-state index in [2.05, 4.69) is 54.5 Å². The third-order valence-electron chi connectivity index (χ3n) is 4.76. The molecule has 0 saturated carbocycles. The third-order valence-corrected chi connectivity index (χ3v) is 4.76. The van der Waals surface area contributed by atoms with Gasteiger partial charge in [0, 0.05) is 5.92 Å². The topological polar surface area (TPSA) is 0 Å². The Morgan fingerprint density at radius 3 is 1.55 bits per heavy atom. The zero-order chi connectivity index (χ0) is 12.9. The van der Waals surface area contributed by atoms with Crippen molar-refractivity contribution in [2.75, 3.05) is 0 Å². The fourth-order valence-electron chi connectivity index (χ4n) is 3.27. The molecule has 0 aromatic rings. The van der Waals surface area contributed by atoms with E-state index in [0.29, 0.717) is 11.8 Å². The predicted octanol–water partition coefficient (Wildman–Crippen LogP) is -0.990. The Bertz CT molecular complexity index is 507. The summed E-state index contributed by atoms with van der Waals surface area (Å²) in [5, 5.41) is 0. The van der Waals surface area contributed by atoms with Gasteiger partial charge < -0.3 is 24.8 Å². The van der Waals surface area contributed by atoms with E-state index in [-0.39, 0.29) is 51.0 Å². The largest absolute Gasteiger partial charge is 3.00 e. The molecule has 0 amide bonds. The van der Waals surface area contributed by atoms with Gasteiger partial charge in [-0.25, -0.2) is 5.57 Å². The summed E-state index contributed by atoms with van der Waals surface area (Å²) in [6.07, 6.45) is 3.55. The first-order valence-electron chi connectivity index (χ1n) is 6.56. The van der Waals surface area contributed by atoms with Gasteiger partial charge >= 0.3 is 26.2 Å². The number of halogens is 2. The Labute approximate surface area is 155 Å². The molecule has 0 bridgehead atoms.